The monoisotopic (exact) mass is 461 g/mol. The molecule has 0 spiro atoms. The van der Waals surface area contributed by atoms with Gasteiger partial charge < -0.3 is 14.5 Å². The van der Waals surface area contributed by atoms with Crippen LogP contribution in [0.25, 0.3) is 0 Å². The number of ether oxygens (including phenoxy) is 1. The highest BCUT2D eigenvalue weighted by Gasteiger charge is 2.35. The Balaban J connectivity index is 1.41. The maximum atomic E-state index is 14.2. The third-order valence-electron chi connectivity index (χ3n) is 5.68. The first-order valence-corrected chi connectivity index (χ1v) is 10.1. The normalized spacial score (nSPS) is 15.1. The van der Waals surface area contributed by atoms with Crippen LogP contribution in [0.2, 0.25) is 0 Å². The van der Waals surface area contributed by atoms with Crippen molar-refractivity contribution in [3.05, 3.63) is 77.6 Å². The van der Waals surface area contributed by atoms with Gasteiger partial charge in [0.2, 0.25) is 5.82 Å². The van der Waals surface area contributed by atoms with Crippen LogP contribution < -0.4 is 14.5 Å². The van der Waals surface area contributed by atoms with Crippen molar-refractivity contribution in [1.82, 2.24) is 4.90 Å². The Morgan fingerprint density at radius 3 is 1.64 bits per heavy atom. The van der Waals surface area contributed by atoms with Crippen molar-refractivity contribution < 1.29 is 31.5 Å². The third kappa shape index (κ3) is 3.33. The fourth-order valence-electron chi connectivity index (χ4n) is 4.04. The lowest BCUT2D eigenvalue weighted by atomic mass is 10.1. The van der Waals surface area contributed by atoms with Gasteiger partial charge in [-0.3, -0.25) is 4.90 Å². The largest absolute Gasteiger partial charge is 0.453 e. The van der Waals surface area contributed by atoms with Gasteiger partial charge >= 0.3 is 6.03 Å². The van der Waals surface area contributed by atoms with Crippen molar-refractivity contribution >= 4 is 23.1 Å². The average molecular weight is 461 g/mol. The molecule has 0 saturated carbocycles. The molecule has 2 amide bonds. The lowest BCUT2D eigenvalue weighted by Crippen LogP contribution is -2.52. The van der Waals surface area contributed by atoms with E-state index >= 15 is 0 Å². The molecule has 2 heterocycles. The number of urea groups is 1. The minimum atomic E-state index is -2.20. The number of amides is 2. The Morgan fingerprint density at radius 1 is 0.667 bits per heavy atom. The van der Waals surface area contributed by atoms with E-state index in [9.17, 15) is 26.7 Å². The van der Waals surface area contributed by atoms with Crippen molar-refractivity contribution in [3.8, 4) is 11.5 Å². The number of carbonyl (C=O) groups excluding carboxylic acids is 1. The standard InChI is InChI=1S/C23H16F5N3O2/c24-17-18(25)20(27)22(21(28)19(17)26)29-9-11-30(12-10-29)23(32)31-13-5-1-3-7-15(13)33-16-8-4-2-6-14(16)31/h1-8H,9-12H2. The molecule has 2 aliphatic rings. The molecular formula is C23H16F5N3O2. The minimum absolute atomic E-state index is 0.0139. The number of para-hydroxylation sites is 4. The summed E-state index contributed by atoms with van der Waals surface area (Å²) in [5.41, 5.74) is 0.0763. The Hall–Kier alpha value is -3.82. The second kappa shape index (κ2) is 7.95. The summed E-state index contributed by atoms with van der Waals surface area (Å²) in [7, 11) is 0. The van der Waals surface area contributed by atoms with E-state index in [1.165, 1.54) is 9.80 Å². The first-order valence-electron chi connectivity index (χ1n) is 10.1. The Labute approximate surface area is 185 Å². The zero-order chi connectivity index (χ0) is 23.3. The summed E-state index contributed by atoms with van der Waals surface area (Å²) >= 11 is 0. The molecule has 0 bridgehead atoms. The van der Waals surface area contributed by atoms with Gasteiger partial charge in [0.1, 0.15) is 5.69 Å². The molecule has 0 aromatic heterocycles. The molecule has 1 saturated heterocycles. The zero-order valence-corrected chi connectivity index (χ0v) is 17.0. The van der Waals surface area contributed by atoms with E-state index in [4.69, 9.17) is 4.74 Å². The fraction of sp³-hybridized carbons (Fsp3) is 0.174. The van der Waals surface area contributed by atoms with Crippen LogP contribution in [-0.2, 0) is 0 Å². The first kappa shape index (κ1) is 21.0. The zero-order valence-electron chi connectivity index (χ0n) is 17.0. The van der Waals surface area contributed by atoms with E-state index < -0.39 is 40.8 Å². The van der Waals surface area contributed by atoms with E-state index in [-0.39, 0.29) is 26.2 Å². The molecule has 5 rings (SSSR count). The number of fused-ring (bicyclic) bond motifs is 2. The lowest BCUT2D eigenvalue weighted by Gasteiger charge is -2.40. The summed E-state index contributed by atoms with van der Waals surface area (Å²) in [4.78, 5) is 17.5. The highest BCUT2D eigenvalue weighted by Crippen LogP contribution is 2.46. The molecule has 0 radical (unpaired) electrons. The molecule has 170 valence electrons. The van der Waals surface area contributed by atoms with Crippen molar-refractivity contribution in [2.45, 2.75) is 0 Å². The van der Waals surface area contributed by atoms with Gasteiger partial charge in [0.15, 0.2) is 34.8 Å². The molecule has 5 nitrogen and oxygen atoms in total. The van der Waals surface area contributed by atoms with E-state index in [0.29, 0.717) is 22.9 Å². The van der Waals surface area contributed by atoms with Gasteiger partial charge in [-0.25, -0.2) is 26.7 Å². The summed E-state index contributed by atoms with van der Waals surface area (Å²) in [6.45, 7) is -0.199. The summed E-state index contributed by atoms with van der Waals surface area (Å²) < 4.78 is 74.9. The topological polar surface area (TPSA) is 36.0 Å². The summed E-state index contributed by atoms with van der Waals surface area (Å²) in [5.74, 6) is -8.99. The molecular weight excluding hydrogens is 445 g/mol. The first-order chi connectivity index (χ1) is 15.9. The van der Waals surface area contributed by atoms with Crippen LogP contribution in [0.3, 0.4) is 0 Å². The average Bonchev–Trinajstić information content (AvgIpc) is 2.85. The van der Waals surface area contributed by atoms with Gasteiger partial charge in [-0.1, -0.05) is 24.3 Å². The molecule has 0 unspecified atom stereocenters. The van der Waals surface area contributed by atoms with E-state index in [0.717, 1.165) is 4.90 Å². The second-order valence-corrected chi connectivity index (χ2v) is 7.55. The van der Waals surface area contributed by atoms with E-state index in [2.05, 4.69) is 0 Å². The molecule has 2 aliphatic heterocycles. The second-order valence-electron chi connectivity index (χ2n) is 7.55. The SMILES string of the molecule is O=C(N1CCN(c2c(F)c(F)c(F)c(F)c2F)CC1)N1c2ccccc2Oc2ccccc21. The molecule has 1 fully saturated rings. The molecule has 10 heteroatoms. The van der Waals surface area contributed by atoms with E-state index in [1.807, 2.05) is 0 Å². The Bertz CT molecular complexity index is 1190. The number of benzene rings is 3. The number of rotatable bonds is 1. The number of hydrogen-bond acceptors (Lipinski definition) is 3. The summed E-state index contributed by atoms with van der Waals surface area (Å²) in [6.07, 6.45) is 0. The van der Waals surface area contributed by atoms with Crippen LogP contribution in [0.5, 0.6) is 11.5 Å². The van der Waals surface area contributed by atoms with E-state index in [1.54, 1.807) is 48.5 Å². The lowest BCUT2D eigenvalue weighted by molar-refractivity contribution is 0.202. The van der Waals surface area contributed by atoms with Gasteiger partial charge in [0.25, 0.3) is 0 Å². The Morgan fingerprint density at radius 2 is 1.12 bits per heavy atom. The minimum Gasteiger partial charge on any atom is -0.453 e. The highest BCUT2D eigenvalue weighted by molar-refractivity contribution is 6.03. The van der Waals surface area contributed by atoms with Gasteiger partial charge in [-0.2, -0.15) is 0 Å². The number of carbonyl (C=O) groups is 1. The summed E-state index contributed by atoms with van der Waals surface area (Å²) in [5, 5.41) is 0. The van der Waals surface area contributed by atoms with Crippen molar-refractivity contribution in [3.63, 3.8) is 0 Å². The van der Waals surface area contributed by atoms with Crippen LogP contribution >= 0.6 is 0 Å². The fourth-order valence-corrected chi connectivity index (χ4v) is 4.04. The molecule has 0 N–H and O–H groups in total. The smallest absolute Gasteiger partial charge is 0.329 e. The highest BCUT2D eigenvalue weighted by atomic mass is 19.2. The molecule has 0 aliphatic carbocycles. The summed E-state index contributed by atoms with van der Waals surface area (Å²) in [6, 6.07) is 13.6. The number of hydrogen-bond donors (Lipinski definition) is 0. The quantitative estimate of drug-likeness (QED) is 0.270. The number of anilines is 3. The van der Waals surface area contributed by atoms with Gasteiger partial charge in [0, 0.05) is 26.2 Å². The Kier molecular flexibility index (Phi) is 5.07. The van der Waals surface area contributed by atoms with Crippen molar-refractivity contribution in [2.75, 3.05) is 36.0 Å². The van der Waals surface area contributed by atoms with Crippen LogP contribution in [0.4, 0.5) is 43.8 Å². The van der Waals surface area contributed by atoms with Crippen LogP contribution in [0, 0.1) is 29.1 Å². The van der Waals surface area contributed by atoms with Crippen LogP contribution in [-0.4, -0.2) is 37.1 Å². The van der Waals surface area contributed by atoms with Gasteiger partial charge in [-0.05, 0) is 24.3 Å². The van der Waals surface area contributed by atoms with Gasteiger partial charge in [0.05, 0.1) is 11.4 Å². The molecule has 33 heavy (non-hydrogen) atoms. The number of halogens is 5. The predicted octanol–water partition coefficient (Wildman–Crippen LogP) is 5.57. The van der Waals surface area contributed by atoms with Crippen molar-refractivity contribution in [2.24, 2.45) is 0 Å². The maximum absolute atomic E-state index is 14.2. The van der Waals surface area contributed by atoms with Crippen LogP contribution in [0.1, 0.15) is 0 Å². The number of nitrogens with zero attached hydrogens (tertiary/aromatic N) is 3. The third-order valence-corrected chi connectivity index (χ3v) is 5.68. The number of piperazine rings is 1. The molecule has 0 atom stereocenters. The van der Waals surface area contributed by atoms with Crippen LogP contribution in [0.15, 0.2) is 48.5 Å². The molecule has 3 aromatic carbocycles. The predicted molar refractivity (Wildman–Crippen MR) is 111 cm³/mol. The van der Waals surface area contributed by atoms with Crippen molar-refractivity contribution in [1.29, 1.82) is 0 Å². The van der Waals surface area contributed by atoms with Gasteiger partial charge in [-0.15, -0.1) is 0 Å². The molecule has 3 aromatic rings. The maximum Gasteiger partial charge on any atom is 0.329 e.